The van der Waals surface area contributed by atoms with Crippen LogP contribution in [0.1, 0.15) is 69.6 Å². The second-order valence-electron chi connectivity index (χ2n) is 13.1. The summed E-state index contributed by atoms with van der Waals surface area (Å²) in [5, 5.41) is 0. The third-order valence-electron chi connectivity index (χ3n) is 10.1. The zero-order valence-electron chi connectivity index (χ0n) is 23.8. The van der Waals surface area contributed by atoms with Crippen molar-refractivity contribution in [2.45, 2.75) is 82.9 Å². The molecule has 40 heavy (non-hydrogen) atoms. The summed E-state index contributed by atoms with van der Waals surface area (Å²) in [6, 6.07) is 6.17. The molecule has 1 spiro atoms. The second kappa shape index (κ2) is 9.79. The fourth-order valence-electron chi connectivity index (χ4n) is 8.44. The van der Waals surface area contributed by atoms with Gasteiger partial charge in [-0.1, -0.05) is 13.8 Å². The Kier molecular flexibility index (Phi) is 6.33. The number of rotatable bonds is 8. The predicted octanol–water partition coefficient (Wildman–Crippen LogP) is 5.22. The van der Waals surface area contributed by atoms with Gasteiger partial charge in [-0.05, 0) is 87.1 Å². The Labute approximate surface area is 236 Å². The maximum absolute atomic E-state index is 13.8. The van der Waals surface area contributed by atoms with E-state index in [2.05, 4.69) is 23.6 Å². The zero-order valence-corrected chi connectivity index (χ0v) is 23.8. The lowest BCUT2D eigenvalue weighted by Crippen LogP contribution is -2.69. The summed E-state index contributed by atoms with van der Waals surface area (Å²) < 4.78 is 17.9. The molecule has 2 saturated carbocycles. The minimum atomic E-state index is -0.286. The number of esters is 1. The lowest BCUT2D eigenvalue weighted by atomic mass is 9.50. The molecule has 0 radical (unpaired) electrons. The number of piperidine rings is 1. The molecular formula is C33H40N2O5. The number of furan rings is 1. The van der Waals surface area contributed by atoms with Crippen molar-refractivity contribution in [1.29, 1.82) is 0 Å². The highest BCUT2D eigenvalue weighted by atomic mass is 16.5. The molecule has 3 heterocycles. The van der Waals surface area contributed by atoms with Crippen LogP contribution in [0.25, 0.3) is 6.08 Å². The van der Waals surface area contributed by atoms with E-state index in [-0.39, 0.29) is 29.4 Å². The Morgan fingerprint density at radius 1 is 1.20 bits per heavy atom. The Bertz CT molecular complexity index is 1330. The minimum absolute atomic E-state index is 0.0219. The van der Waals surface area contributed by atoms with Gasteiger partial charge in [-0.25, -0.2) is 0 Å². The normalized spacial score (nSPS) is 30.3. The largest absolute Gasteiger partial charge is 0.487 e. The van der Waals surface area contributed by atoms with Crippen LogP contribution in [0, 0.1) is 17.8 Å². The highest BCUT2D eigenvalue weighted by Gasteiger charge is 2.66. The molecule has 3 fully saturated rings. The first-order valence-electron chi connectivity index (χ1n) is 15.1. The number of benzene rings is 1. The van der Waals surface area contributed by atoms with E-state index in [0.29, 0.717) is 30.2 Å². The van der Waals surface area contributed by atoms with Crippen LogP contribution < -0.4 is 9.47 Å². The lowest BCUT2D eigenvalue weighted by Gasteiger charge is -2.60. The quantitative estimate of drug-likeness (QED) is 0.258. The van der Waals surface area contributed by atoms with E-state index in [1.807, 2.05) is 24.3 Å². The smallest absolute Gasteiger partial charge is 0.308 e. The van der Waals surface area contributed by atoms with Crippen molar-refractivity contribution >= 4 is 18.0 Å². The predicted molar refractivity (Wildman–Crippen MR) is 151 cm³/mol. The lowest BCUT2D eigenvalue weighted by molar-refractivity contribution is -0.139. The van der Waals surface area contributed by atoms with E-state index in [1.54, 1.807) is 18.6 Å². The Hall–Kier alpha value is -3.06. The van der Waals surface area contributed by atoms with Gasteiger partial charge in [0.1, 0.15) is 17.6 Å². The van der Waals surface area contributed by atoms with Gasteiger partial charge in [-0.2, -0.15) is 0 Å². The molecule has 7 nitrogen and oxygen atoms in total. The molecule has 2 aromatic rings. The van der Waals surface area contributed by atoms with Gasteiger partial charge in [0.05, 0.1) is 18.6 Å². The summed E-state index contributed by atoms with van der Waals surface area (Å²) in [5.41, 5.74) is 3.13. The summed E-state index contributed by atoms with van der Waals surface area (Å²) in [6.07, 6.45) is 13.3. The van der Waals surface area contributed by atoms with Crippen molar-refractivity contribution in [2.24, 2.45) is 17.8 Å². The summed E-state index contributed by atoms with van der Waals surface area (Å²) in [5.74, 6) is 2.97. The minimum Gasteiger partial charge on any atom is -0.487 e. The van der Waals surface area contributed by atoms with Crippen molar-refractivity contribution in [2.75, 3.05) is 19.6 Å². The van der Waals surface area contributed by atoms with E-state index < -0.39 is 0 Å². The molecule has 1 aromatic heterocycles. The van der Waals surface area contributed by atoms with Gasteiger partial charge < -0.3 is 18.8 Å². The number of hydrogen-bond donors (Lipinski definition) is 0. The third kappa shape index (κ3) is 4.20. The molecule has 212 valence electrons. The highest BCUT2D eigenvalue weighted by molar-refractivity contribution is 5.92. The molecular weight excluding hydrogens is 504 g/mol. The Morgan fingerprint density at radius 2 is 2.05 bits per heavy atom. The summed E-state index contributed by atoms with van der Waals surface area (Å²) in [7, 11) is 0. The number of carbonyl (C=O) groups is 2. The SMILES string of the molecule is CC(=O)Oc1ccc2c3c1C[C@@H]1[C@@H]4CC[C@@H](N(CC(C)C)C(=O)C=Cc5ccoc5)[C@@H](O2)[C@]34CCN1CC1CC1. The maximum Gasteiger partial charge on any atom is 0.308 e. The number of likely N-dealkylation sites (tertiary alicyclic amines) is 1. The molecule has 7 heteroatoms. The van der Waals surface area contributed by atoms with Gasteiger partial charge in [-0.3, -0.25) is 14.5 Å². The van der Waals surface area contributed by atoms with E-state index in [4.69, 9.17) is 13.9 Å². The number of hydrogen-bond acceptors (Lipinski definition) is 6. The molecule has 0 unspecified atom stereocenters. The number of nitrogens with zero attached hydrogens (tertiary/aromatic N) is 2. The van der Waals surface area contributed by atoms with Crippen LogP contribution in [0.15, 0.2) is 41.2 Å². The molecule has 1 amide bonds. The van der Waals surface area contributed by atoms with Crippen molar-refractivity contribution in [3.05, 3.63) is 53.5 Å². The first-order valence-corrected chi connectivity index (χ1v) is 15.1. The first kappa shape index (κ1) is 25.9. The molecule has 5 aliphatic rings. The van der Waals surface area contributed by atoms with Gasteiger partial charge in [0.25, 0.3) is 0 Å². The fourth-order valence-corrected chi connectivity index (χ4v) is 8.44. The molecule has 3 aliphatic carbocycles. The Morgan fingerprint density at radius 3 is 2.77 bits per heavy atom. The van der Waals surface area contributed by atoms with Crippen LogP contribution in [-0.2, 0) is 21.4 Å². The van der Waals surface area contributed by atoms with Gasteiger partial charge in [-0.15, -0.1) is 0 Å². The maximum atomic E-state index is 13.8. The summed E-state index contributed by atoms with van der Waals surface area (Å²) in [6.45, 7) is 8.72. The van der Waals surface area contributed by atoms with E-state index in [9.17, 15) is 9.59 Å². The number of amides is 1. The van der Waals surface area contributed by atoms with Gasteiger partial charge in [0, 0.05) is 54.2 Å². The molecule has 7 rings (SSSR count). The van der Waals surface area contributed by atoms with Crippen molar-refractivity contribution in [3.8, 4) is 11.5 Å². The second-order valence-corrected chi connectivity index (χ2v) is 13.1. The van der Waals surface area contributed by atoms with Crippen molar-refractivity contribution in [3.63, 3.8) is 0 Å². The molecule has 1 aromatic carbocycles. The highest BCUT2D eigenvalue weighted by Crippen LogP contribution is 2.64. The zero-order chi connectivity index (χ0) is 27.6. The first-order chi connectivity index (χ1) is 19.3. The van der Waals surface area contributed by atoms with Crippen LogP contribution >= 0.6 is 0 Å². The van der Waals surface area contributed by atoms with E-state index in [1.165, 1.54) is 31.9 Å². The van der Waals surface area contributed by atoms with Gasteiger partial charge in [0.15, 0.2) is 0 Å². The summed E-state index contributed by atoms with van der Waals surface area (Å²) in [4.78, 5) is 30.7. The molecule has 2 bridgehead atoms. The topological polar surface area (TPSA) is 72.2 Å². The third-order valence-corrected chi connectivity index (χ3v) is 10.1. The number of carbonyl (C=O) groups excluding carboxylic acids is 2. The van der Waals surface area contributed by atoms with Crippen LogP contribution in [0.5, 0.6) is 11.5 Å². The molecule has 2 aliphatic heterocycles. The molecule has 1 saturated heterocycles. The molecule has 5 atom stereocenters. The average Bonchev–Trinajstić information content (AvgIpc) is 3.45. The van der Waals surface area contributed by atoms with Crippen molar-refractivity contribution < 1.29 is 23.5 Å². The summed E-state index contributed by atoms with van der Waals surface area (Å²) >= 11 is 0. The van der Waals surface area contributed by atoms with Gasteiger partial charge >= 0.3 is 5.97 Å². The average molecular weight is 545 g/mol. The van der Waals surface area contributed by atoms with Crippen LogP contribution in [0.3, 0.4) is 0 Å². The monoisotopic (exact) mass is 544 g/mol. The Balaban J connectivity index is 1.29. The fraction of sp³-hybridized carbons (Fsp3) is 0.576. The van der Waals surface area contributed by atoms with E-state index >= 15 is 0 Å². The van der Waals surface area contributed by atoms with Crippen LogP contribution in [0.2, 0.25) is 0 Å². The van der Waals surface area contributed by atoms with Crippen LogP contribution in [-0.4, -0.2) is 59.5 Å². The molecule has 0 N–H and O–H groups in total. The standard InChI is InChI=1S/C33H40N2O5/c1-20(2)17-35(30(37)11-6-23-12-15-38-19-23)26-8-7-25-27-16-24-28(39-21(3)36)9-10-29-31(24)33(25,32(26)40-29)13-14-34(27)18-22-4-5-22/h6,9-12,15,19-20,22,25-27,32H,4-5,7-8,13-14,16-18H2,1-3H3/t25-,26+,27+,32+,33-/m0/s1. The van der Waals surface area contributed by atoms with Crippen LogP contribution in [0.4, 0.5) is 0 Å². The number of ether oxygens (including phenoxy) is 2. The van der Waals surface area contributed by atoms with Crippen molar-refractivity contribution in [1.82, 2.24) is 9.80 Å². The van der Waals surface area contributed by atoms with Gasteiger partial charge in [0.2, 0.25) is 5.91 Å². The van der Waals surface area contributed by atoms with E-state index in [0.717, 1.165) is 55.0 Å².